The molecule has 0 aliphatic heterocycles. The minimum absolute atomic E-state index is 0.223. The van der Waals surface area contributed by atoms with E-state index in [2.05, 4.69) is 45.1 Å². The standard InChI is InChI=1S/C16H31ClN4/c1-7-21-14(15(17)12(3)20-21)9-13(19-18)8-11(2)10-16(4,5)6/h11,13,19H,7-10,18H2,1-6H3. The second kappa shape index (κ2) is 7.61. The number of nitrogens with zero attached hydrogens (tertiary/aromatic N) is 2. The SMILES string of the molecule is CCn1nc(C)c(Cl)c1CC(CC(C)CC(C)(C)C)NN. The monoisotopic (exact) mass is 314 g/mol. The maximum atomic E-state index is 6.38. The Hall–Kier alpha value is -0.580. The van der Waals surface area contributed by atoms with E-state index >= 15 is 0 Å². The van der Waals surface area contributed by atoms with Crippen molar-refractivity contribution in [2.45, 2.75) is 73.4 Å². The highest BCUT2D eigenvalue weighted by molar-refractivity contribution is 6.31. The van der Waals surface area contributed by atoms with Gasteiger partial charge in [-0.3, -0.25) is 16.0 Å². The van der Waals surface area contributed by atoms with E-state index in [4.69, 9.17) is 17.4 Å². The van der Waals surface area contributed by atoms with Crippen LogP contribution in [0.1, 0.15) is 58.8 Å². The van der Waals surface area contributed by atoms with Gasteiger partial charge in [0.25, 0.3) is 0 Å². The van der Waals surface area contributed by atoms with Crippen LogP contribution in [-0.2, 0) is 13.0 Å². The summed E-state index contributed by atoms with van der Waals surface area (Å²) in [4.78, 5) is 0. The van der Waals surface area contributed by atoms with Crippen LogP contribution in [0.2, 0.25) is 5.02 Å². The topological polar surface area (TPSA) is 55.9 Å². The molecule has 1 aromatic rings. The summed E-state index contributed by atoms with van der Waals surface area (Å²) in [7, 11) is 0. The second-order valence-corrected chi connectivity index (χ2v) is 7.71. The molecule has 0 saturated heterocycles. The van der Waals surface area contributed by atoms with E-state index < -0.39 is 0 Å². The first-order valence-corrected chi connectivity index (χ1v) is 8.23. The van der Waals surface area contributed by atoms with E-state index in [9.17, 15) is 0 Å². The highest BCUT2D eigenvalue weighted by Crippen LogP contribution is 2.28. The number of hydrazine groups is 1. The first-order chi connectivity index (χ1) is 9.67. The quantitative estimate of drug-likeness (QED) is 0.596. The van der Waals surface area contributed by atoms with Crippen molar-refractivity contribution < 1.29 is 0 Å². The van der Waals surface area contributed by atoms with Crippen molar-refractivity contribution in [2.24, 2.45) is 17.2 Å². The smallest absolute Gasteiger partial charge is 0.0847 e. The molecule has 122 valence electrons. The van der Waals surface area contributed by atoms with Gasteiger partial charge in [-0.15, -0.1) is 0 Å². The van der Waals surface area contributed by atoms with Crippen molar-refractivity contribution in [3.63, 3.8) is 0 Å². The van der Waals surface area contributed by atoms with E-state index in [1.807, 2.05) is 11.6 Å². The van der Waals surface area contributed by atoms with Crippen LogP contribution < -0.4 is 11.3 Å². The summed E-state index contributed by atoms with van der Waals surface area (Å²) in [6, 6.07) is 0.223. The third-order valence-electron chi connectivity index (χ3n) is 3.78. The third kappa shape index (κ3) is 5.61. The van der Waals surface area contributed by atoms with Crippen LogP contribution in [0, 0.1) is 18.3 Å². The number of hydrogen-bond donors (Lipinski definition) is 2. The van der Waals surface area contributed by atoms with Crippen LogP contribution in [0.3, 0.4) is 0 Å². The van der Waals surface area contributed by atoms with Crippen LogP contribution in [0.15, 0.2) is 0 Å². The number of nitrogens with two attached hydrogens (primary N) is 1. The summed E-state index contributed by atoms with van der Waals surface area (Å²) >= 11 is 6.38. The van der Waals surface area contributed by atoms with Crippen LogP contribution in [-0.4, -0.2) is 15.8 Å². The number of aromatic nitrogens is 2. The van der Waals surface area contributed by atoms with Crippen molar-refractivity contribution in [1.29, 1.82) is 0 Å². The lowest BCUT2D eigenvalue weighted by Crippen LogP contribution is -2.39. The summed E-state index contributed by atoms with van der Waals surface area (Å²) in [6.45, 7) is 14.0. The van der Waals surface area contributed by atoms with E-state index in [0.29, 0.717) is 11.3 Å². The van der Waals surface area contributed by atoms with Crippen molar-refractivity contribution in [3.8, 4) is 0 Å². The zero-order chi connectivity index (χ0) is 16.2. The van der Waals surface area contributed by atoms with Gasteiger partial charge in [0.15, 0.2) is 0 Å². The zero-order valence-corrected chi connectivity index (χ0v) is 15.1. The Morgan fingerprint density at radius 1 is 1.38 bits per heavy atom. The summed E-state index contributed by atoms with van der Waals surface area (Å²) in [6.07, 6.45) is 3.04. The van der Waals surface area contributed by atoms with Crippen molar-refractivity contribution in [2.75, 3.05) is 0 Å². The molecule has 4 nitrogen and oxygen atoms in total. The van der Waals surface area contributed by atoms with Gasteiger partial charge >= 0.3 is 0 Å². The van der Waals surface area contributed by atoms with Crippen molar-refractivity contribution >= 4 is 11.6 Å². The Labute approximate surface area is 134 Å². The maximum Gasteiger partial charge on any atom is 0.0847 e. The Balaban J connectivity index is 2.74. The summed E-state index contributed by atoms with van der Waals surface area (Å²) in [5, 5.41) is 5.25. The number of halogens is 1. The summed E-state index contributed by atoms with van der Waals surface area (Å²) < 4.78 is 1.98. The summed E-state index contributed by atoms with van der Waals surface area (Å²) in [5.41, 5.74) is 5.28. The van der Waals surface area contributed by atoms with Gasteiger partial charge in [-0.1, -0.05) is 39.3 Å². The molecule has 0 aliphatic rings. The van der Waals surface area contributed by atoms with Crippen LogP contribution >= 0.6 is 11.6 Å². The number of nitrogens with one attached hydrogen (secondary N) is 1. The molecule has 0 aromatic carbocycles. The van der Waals surface area contributed by atoms with E-state index in [1.165, 1.54) is 6.42 Å². The Morgan fingerprint density at radius 2 is 2.00 bits per heavy atom. The normalized spacial score (nSPS) is 15.2. The first kappa shape index (κ1) is 18.5. The Kier molecular flexibility index (Phi) is 6.70. The molecule has 21 heavy (non-hydrogen) atoms. The predicted molar refractivity (Wildman–Crippen MR) is 90.3 cm³/mol. The molecular weight excluding hydrogens is 284 g/mol. The average molecular weight is 315 g/mol. The Bertz CT molecular complexity index is 448. The lowest BCUT2D eigenvalue weighted by Gasteiger charge is -2.26. The molecule has 0 bridgehead atoms. The molecule has 1 heterocycles. The summed E-state index contributed by atoms with van der Waals surface area (Å²) in [5.74, 6) is 6.37. The Morgan fingerprint density at radius 3 is 2.48 bits per heavy atom. The molecule has 2 atom stereocenters. The van der Waals surface area contributed by atoms with Gasteiger partial charge in [-0.2, -0.15) is 5.10 Å². The number of aryl methyl sites for hydroxylation is 2. The molecule has 0 radical (unpaired) electrons. The minimum Gasteiger partial charge on any atom is -0.271 e. The van der Waals surface area contributed by atoms with Gasteiger partial charge in [0.2, 0.25) is 0 Å². The zero-order valence-electron chi connectivity index (χ0n) is 14.3. The number of rotatable bonds is 7. The fraction of sp³-hybridized carbons (Fsp3) is 0.812. The largest absolute Gasteiger partial charge is 0.271 e. The predicted octanol–water partition coefficient (Wildman–Crippen LogP) is 3.70. The van der Waals surface area contributed by atoms with Gasteiger partial charge in [0.1, 0.15) is 0 Å². The lowest BCUT2D eigenvalue weighted by molar-refractivity contribution is 0.273. The van der Waals surface area contributed by atoms with Gasteiger partial charge in [0.05, 0.1) is 16.4 Å². The molecule has 0 spiro atoms. The van der Waals surface area contributed by atoms with Crippen molar-refractivity contribution in [1.82, 2.24) is 15.2 Å². The van der Waals surface area contributed by atoms with Gasteiger partial charge in [0, 0.05) is 19.0 Å². The molecule has 3 N–H and O–H groups in total. The molecular formula is C16H31ClN4. The van der Waals surface area contributed by atoms with E-state index in [0.717, 1.165) is 35.8 Å². The maximum absolute atomic E-state index is 6.38. The molecule has 0 amide bonds. The minimum atomic E-state index is 0.223. The first-order valence-electron chi connectivity index (χ1n) is 7.85. The lowest BCUT2D eigenvalue weighted by atomic mass is 9.82. The highest BCUT2D eigenvalue weighted by Gasteiger charge is 2.21. The highest BCUT2D eigenvalue weighted by atomic mass is 35.5. The average Bonchev–Trinajstić information content (AvgIpc) is 2.63. The molecule has 1 rings (SSSR count). The molecule has 2 unspecified atom stereocenters. The van der Waals surface area contributed by atoms with Crippen molar-refractivity contribution in [3.05, 3.63) is 16.4 Å². The van der Waals surface area contributed by atoms with Gasteiger partial charge in [-0.25, -0.2) is 0 Å². The second-order valence-electron chi connectivity index (χ2n) is 7.34. The van der Waals surface area contributed by atoms with Gasteiger partial charge < -0.3 is 0 Å². The van der Waals surface area contributed by atoms with E-state index in [1.54, 1.807) is 0 Å². The van der Waals surface area contributed by atoms with Gasteiger partial charge in [-0.05, 0) is 38.0 Å². The van der Waals surface area contributed by atoms with E-state index in [-0.39, 0.29) is 6.04 Å². The van der Waals surface area contributed by atoms with Crippen LogP contribution in [0.4, 0.5) is 0 Å². The molecule has 0 saturated carbocycles. The van der Waals surface area contributed by atoms with Crippen LogP contribution in [0.5, 0.6) is 0 Å². The molecule has 0 fully saturated rings. The number of hydrogen-bond acceptors (Lipinski definition) is 3. The molecule has 1 aromatic heterocycles. The molecule has 0 aliphatic carbocycles. The fourth-order valence-electron chi connectivity index (χ4n) is 3.12. The fourth-order valence-corrected chi connectivity index (χ4v) is 3.33. The molecule has 5 heteroatoms. The van der Waals surface area contributed by atoms with Crippen LogP contribution in [0.25, 0.3) is 0 Å². The third-order valence-corrected chi connectivity index (χ3v) is 4.27.